The molecule has 2 aromatic heterocycles. The van der Waals surface area contributed by atoms with Gasteiger partial charge in [0.2, 0.25) is 0 Å². The van der Waals surface area contributed by atoms with Gasteiger partial charge in [0.25, 0.3) is 11.8 Å². The molecule has 1 aliphatic rings. The fourth-order valence-electron chi connectivity index (χ4n) is 3.90. The van der Waals surface area contributed by atoms with Crippen molar-refractivity contribution in [2.45, 2.75) is 31.7 Å². The lowest BCUT2D eigenvalue weighted by atomic mass is 10.1. The Labute approximate surface area is 185 Å². The van der Waals surface area contributed by atoms with Crippen LogP contribution in [-0.4, -0.2) is 47.9 Å². The van der Waals surface area contributed by atoms with Crippen LogP contribution in [0.4, 0.5) is 22.0 Å². The minimum atomic E-state index is -4.63. The molecule has 33 heavy (non-hydrogen) atoms. The zero-order valence-electron chi connectivity index (χ0n) is 17.7. The number of pyridine rings is 1. The maximum absolute atomic E-state index is 14.1. The molecule has 1 atom stereocenters. The number of rotatable bonds is 5. The van der Waals surface area contributed by atoms with Crippen molar-refractivity contribution in [3.05, 3.63) is 59.1 Å². The summed E-state index contributed by atoms with van der Waals surface area (Å²) in [7, 11) is 1.54. The summed E-state index contributed by atoms with van der Waals surface area (Å²) in [6.07, 6.45) is -3.59. The van der Waals surface area contributed by atoms with E-state index in [4.69, 9.17) is 9.15 Å². The van der Waals surface area contributed by atoms with Crippen molar-refractivity contribution in [2.75, 3.05) is 20.1 Å². The molecule has 1 unspecified atom stereocenters. The Kier molecular flexibility index (Phi) is 5.77. The predicted molar refractivity (Wildman–Crippen MR) is 108 cm³/mol. The molecule has 1 aromatic carbocycles. The van der Waals surface area contributed by atoms with Crippen molar-refractivity contribution in [2.24, 2.45) is 0 Å². The van der Waals surface area contributed by atoms with Gasteiger partial charge in [0.1, 0.15) is 29.7 Å². The molecule has 1 amide bonds. The quantitative estimate of drug-likeness (QED) is 0.561. The average Bonchev–Trinajstić information content (AvgIpc) is 3.18. The highest BCUT2D eigenvalue weighted by atomic mass is 19.4. The Hall–Kier alpha value is -3.21. The molecule has 0 radical (unpaired) electrons. The zero-order chi connectivity index (χ0) is 24.0. The first-order valence-corrected chi connectivity index (χ1v) is 10.00. The highest BCUT2D eigenvalue weighted by Gasteiger charge is 2.47. The molecule has 1 aliphatic heterocycles. The van der Waals surface area contributed by atoms with E-state index in [2.05, 4.69) is 10.3 Å². The first-order chi connectivity index (χ1) is 15.5. The smallest absolute Gasteiger partial charge is 0.433 e. The number of nitrogens with zero attached hydrogens (tertiary/aromatic N) is 2. The highest BCUT2D eigenvalue weighted by Crippen LogP contribution is 2.33. The lowest BCUT2D eigenvalue weighted by molar-refractivity contribution is -0.142. The van der Waals surface area contributed by atoms with Gasteiger partial charge in [-0.25, -0.2) is 8.78 Å². The third kappa shape index (κ3) is 4.63. The Morgan fingerprint density at radius 3 is 2.76 bits per heavy atom. The number of ether oxygens (including phenoxy) is 1. The van der Waals surface area contributed by atoms with E-state index in [0.29, 0.717) is 11.0 Å². The standard InChI is InChI=1S/C22H20F5N3O3/c1-12-18(20(31)29-17-9-30(2)11-21(17,23)24)15-8-14(5-6-16(15)33-12)32-10-13-4-3-7-28-19(13)22(25,26)27/h3-8,17H,9-11H2,1-2H3,(H,29,31). The number of likely N-dealkylation sites (N-methyl/N-ethyl adjacent to an activating group) is 1. The number of aryl methyl sites for hydroxylation is 1. The summed E-state index contributed by atoms with van der Waals surface area (Å²) in [6, 6.07) is 5.69. The number of amides is 1. The fraction of sp³-hybridized carbons (Fsp3) is 0.364. The Morgan fingerprint density at radius 2 is 2.09 bits per heavy atom. The Morgan fingerprint density at radius 1 is 1.33 bits per heavy atom. The van der Waals surface area contributed by atoms with Crippen molar-refractivity contribution < 1.29 is 35.9 Å². The molecular weight excluding hydrogens is 449 g/mol. The second-order valence-electron chi connectivity index (χ2n) is 7.97. The topological polar surface area (TPSA) is 67.6 Å². The SMILES string of the molecule is Cc1oc2ccc(OCc3cccnc3C(F)(F)F)cc2c1C(=O)NC1CN(C)CC1(F)F. The molecule has 3 aromatic rings. The van der Waals surface area contributed by atoms with Crippen molar-refractivity contribution in [3.63, 3.8) is 0 Å². The number of hydrogen-bond donors (Lipinski definition) is 1. The second-order valence-corrected chi connectivity index (χ2v) is 7.97. The number of carbonyl (C=O) groups excluding carboxylic acids is 1. The third-order valence-corrected chi connectivity index (χ3v) is 5.41. The summed E-state index contributed by atoms with van der Waals surface area (Å²) >= 11 is 0. The van der Waals surface area contributed by atoms with Crippen LogP contribution in [0.25, 0.3) is 11.0 Å². The van der Waals surface area contributed by atoms with Crippen molar-refractivity contribution in [3.8, 4) is 5.75 Å². The minimum Gasteiger partial charge on any atom is -0.489 e. The van der Waals surface area contributed by atoms with Crippen molar-refractivity contribution in [1.29, 1.82) is 0 Å². The van der Waals surface area contributed by atoms with Crippen LogP contribution in [0.15, 0.2) is 40.9 Å². The summed E-state index contributed by atoms with van der Waals surface area (Å²) in [6.45, 7) is 0.649. The van der Waals surface area contributed by atoms with Crippen LogP contribution in [-0.2, 0) is 12.8 Å². The first-order valence-electron chi connectivity index (χ1n) is 10.00. The Balaban J connectivity index is 1.58. The third-order valence-electron chi connectivity index (χ3n) is 5.41. The summed E-state index contributed by atoms with van der Waals surface area (Å²) < 4.78 is 78.8. The molecule has 6 nitrogen and oxygen atoms in total. The number of likely N-dealkylation sites (tertiary alicyclic amines) is 1. The molecule has 0 spiro atoms. The molecular formula is C22H20F5N3O3. The summed E-state index contributed by atoms with van der Waals surface area (Å²) in [5.41, 5.74) is -0.817. The second kappa shape index (κ2) is 8.29. The number of halogens is 5. The van der Waals surface area contributed by atoms with Crippen LogP contribution >= 0.6 is 0 Å². The monoisotopic (exact) mass is 469 g/mol. The van der Waals surface area contributed by atoms with Gasteiger partial charge in [-0.05, 0) is 38.2 Å². The van der Waals surface area contributed by atoms with Crippen molar-refractivity contribution >= 4 is 16.9 Å². The van der Waals surface area contributed by atoms with E-state index in [0.717, 1.165) is 6.20 Å². The van der Waals surface area contributed by atoms with Crippen LogP contribution < -0.4 is 10.1 Å². The van der Waals surface area contributed by atoms with Crippen LogP contribution in [0.3, 0.4) is 0 Å². The van der Waals surface area contributed by atoms with E-state index in [9.17, 15) is 26.7 Å². The van der Waals surface area contributed by atoms with Gasteiger partial charge in [0.05, 0.1) is 12.1 Å². The number of aromatic nitrogens is 1. The highest BCUT2D eigenvalue weighted by molar-refractivity contribution is 6.07. The van der Waals surface area contributed by atoms with E-state index in [1.165, 1.54) is 49.2 Å². The average molecular weight is 469 g/mol. The molecule has 0 bridgehead atoms. The van der Waals surface area contributed by atoms with Crippen LogP contribution in [0.2, 0.25) is 0 Å². The normalized spacial score (nSPS) is 18.6. The molecule has 11 heteroatoms. The Bertz CT molecular complexity index is 1190. The lowest BCUT2D eigenvalue weighted by Gasteiger charge is -2.19. The van der Waals surface area contributed by atoms with E-state index in [1.54, 1.807) is 0 Å². The number of fused-ring (bicyclic) bond motifs is 1. The number of carbonyl (C=O) groups is 1. The summed E-state index contributed by atoms with van der Waals surface area (Å²) in [5.74, 6) is -3.40. The van der Waals surface area contributed by atoms with Crippen molar-refractivity contribution in [1.82, 2.24) is 15.2 Å². The van der Waals surface area contributed by atoms with Crippen LogP contribution in [0, 0.1) is 6.92 Å². The molecule has 1 N–H and O–H groups in total. The van der Waals surface area contributed by atoms with E-state index in [-0.39, 0.29) is 29.2 Å². The van der Waals surface area contributed by atoms with Gasteiger partial charge < -0.3 is 14.5 Å². The number of hydrogen-bond acceptors (Lipinski definition) is 5. The van der Waals surface area contributed by atoms with Crippen LogP contribution in [0.1, 0.15) is 27.4 Å². The van der Waals surface area contributed by atoms with Gasteiger partial charge in [-0.2, -0.15) is 13.2 Å². The lowest BCUT2D eigenvalue weighted by Crippen LogP contribution is -2.46. The number of nitrogens with one attached hydrogen (secondary N) is 1. The zero-order valence-corrected chi connectivity index (χ0v) is 17.7. The fourth-order valence-corrected chi connectivity index (χ4v) is 3.90. The van der Waals surface area contributed by atoms with Gasteiger partial charge in [0.15, 0.2) is 5.69 Å². The van der Waals surface area contributed by atoms with Gasteiger partial charge in [-0.15, -0.1) is 0 Å². The first kappa shape index (κ1) is 23.0. The predicted octanol–water partition coefficient (Wildman–Crippen LogP) is 4.41. The number of alkyl halides is 5. The van der Waals surface area contributed by atoms with Gasteiger partial charge in [-0.3, -0.25) is 14.7 Å². The molecule has 0 aliphatic carbocycles. The summed E-state index contributed by atoms with van der Waals surface area (Å²) in [4.78, 5) is 17.6. The maximum Gasteiger partial charge on any atom is 0.433 e. The number of furan rings is 1. The molecule has 1 saturated heterocycles. The van der Waals surface area contributed by atoms with E-state index < -0.39 is 42.9 Å². The maximum atomic E-state index is 14.1. The van der Waals surface area contributed by atoms with Gasteiger partial charge in [-0.1, -0.05) is 6.07 Å². The summed E-state index contributed by atoms with van der Waals surface area (Å²) in [5, 5.41) is 2.68. The molecule has 0 saturated carbocycles. The van der Waals surface area contributed by atoms with Gasteiger partial charge >= 0.3 is 6.18 Å². The van der Waals surface area contributed by atoms with Crippen LogP contribution in [0.5, 0.6) is 5.75 Å². The molecule has 176 valence electrons. The minimum absolute atomic E-state index is 0.00537. The molecule has 4 rings (SSSR count). The largest absolute Gasteiger partial charge is 0.489 e. The molecule has 3 heterocycles. The number of benzene rings is 1. The van der Waals surface area contributed by atoms with E-state index in [1.807, 2.05) is 0 Å². The molecule has 1 fully saturated rings. The van der Waals surface area contributed by atoms with E-state index >= 15 is 0 Å². The van der Waals surface area contributed by atoms with Gasteiger partial charge in [0, 0.05) is 23.7 Å².